The van der Waals surface area contributed by atoms with E-state index in [0.29, 0.717) is 11.7 Å². The van der Waals surface area contributed by atoms with Crippen molar-refractivity contribution in [1.29, 1.82) is 0 Å². The lowest BCUT2D eigenvalue weighted by molar-refractivity contribution is 0.191. The molecule has 1 saturated heterocycles. The summed E-state index contributed by atoms with van der Waals surface area (Å²) in [5.41, 5.74) is 4.71. The highest BCUT2D eigenvalue weighted by molar-refractivity contribution is 5.79. The second-order valence-electron chi connectivity index (χ2n) is 7.35. The maximum Gasteiger partial charge on any atom is 0.158 e. The quantitative estimate of drug-likeness (QED) is 0.750. The van der Waals surface area contributed by atoms with Crippen molar-refractivity contribution in [2.75, 3.05) is 13.1 Å². The van der Waals surface area contributed by atoms with Crippen LogP contribution in [0.4, 0.5) is 0 Å². The van der Waals surface area contributed by atoms with E-state index in [0.717, 1.165) is 55.2 Å². The summed E-state index contributed by atoms with van der Waals surface area (Å²) < 4.78 is 1.93. The van der Waals surface area contributed by atoms with Gasteiger partial charge < -0.3 is 14.7 Å². The van der Waals surface area contributed by atoms with Crippen LogP contribution in [0.3, 0.4) is 0 Å². The molecule has 26 heavy (non-hydrogen) atoms. The summed E-state index contributed by atoms with van der Waals surface area (Å²) >= 11 is 0. The Kier molecular flexibility index (Phi) is 4.50. The van der Waals surface area contributed by atoms with E-state index in [2.05, 4.69) is 46.1 Å². The van der Waals surface area contributed by atoms with Crippen molar-refractivity contribution in [3.63, 3.8) is 0 Å². The summed E-state index contributed by atoms with van der Waals surface area (Å²) in [5.74, 6) is 2.95. The van der Waals surface area contributed by atoms with Gasteiger partial charge in [-0.3, -0.25) is 4.90 Å². The topological polar surface area (TPSA) is 82.9 Å². The van der Waals surface area contributed by atoms with Gasteiger partial charge in [-0.25, -0.2) is 4.98 Å². The first kappa shape index (κ1) is 17.2. The van der Waals surface area contributed by atoms with Crippen molar-refractivity contribution in [3.05, 3.63) is 40.7 Å². The van der Waals surface area contributed by atoms with Crippen molar-refractivity contribution in [2.24, 2.45) is 7.05 Å². The van der Waals surface area contributed by atoms with Crippen LogP contribution < -0.4 is 0 Å². The van der Waals surface area contributed by atoms with Crippen molar-refractivity contribution in [3.8, 4) is 0 Å². The molecule has 0 aliphatic carbocycles. The fourth-order valence-corrected chi connectivity index (χ4v) is 3.93. The van der Waals surface area contributed by atoms with Gasteiger partial charge in [0.15, 0.2) is 5.82 Å². The summed E-state index contributed by atoms with van der Waals surface area (Å²) in [5, 5.41) is 17.7. The number of aliphatic hydroxyl groups is 1. The Morgan fingerprint density at radius 1 is 1.27 bits per heavy atom. The van der Waals surface area contributed by atoms with Gasteiger partial charge in [-0.2, -0.15) is 0 Å². The zero-order valence-electron chi connectivity index (χ0n) is 15.7. The van der Waals surface area contributed by atoms with E-state index in [4.69, 9.17) is 4.98 Å². The molecule has 1 aliphatic rings. The highest BCUT2D eigenvalue weighted by Crippen LogP contribution is 2.27. The third-order valence-corrected chi connectivity index (χ3v) is 5.61. The van der Waals surface area contributed by atoms with Crippen molar-refractivity contribution in [2.45, 2.75) is 45.8 Å². The molecule has 1 aliphatic heterocycles. The number of hydrogen-bond donors (Lipinski definition) is 2. The maximum atomic E-state index is 9.34. The first-order chi connectivity index (χ1) is 12.6. The van der Waals surface area contributed by atoms with Crippen LogP contribution in [0.25, 0.3) is 11.0 Å². The predicted octanol–water partition coefficient (Wildman–Crippen LogP) is 2.18. The summed E-state index contributed by atoms with van der Waals surface area (Å²) in [6.45, 7) is 7.00. The number of benzene rings is 1. The molecule has 7 nitrogen and oxygen atoms in total. The molecule has 0 amide bonds. The van der Waals surface area contributed by atoms with Crippen molar-refractivity contribution in [1.82, 2.24) is 29.6 Å². The Balaban J connectivity index is 1.51. The van der Waals surface area contributed by atoms with Gasteiger partial charge in [-0.1, -0.05) is 6.07 Å². The monoisotopic (exact) mass is 354 g/mol. The zero-order chi connectivity index (χ0) is 18.3. The molecular weight excluding hydrogens is 328 g/mol. The SMILES string of the molecule is Cc1ccc2[nH]c(CN3CCC[C@@H](c4nnc(CO)n4C)C3)nc2c1C. The molecule has 2 aromatic heterocycles. The average molecular weight is 354 g/mol. The number of imidazole rings is 1. The number of hydrogen-bond acceptors (Lipinski definition) is 5. The molecule has 0 spiro atoms. The molecule has 1 fully saturated rings. The lowest BCUT2D eigenvalue weighted by atomic mass is 9.97. The number of likely N-dealkylation sites (tertiary alicyclic amines) is 1. The minimum absolute atomic E-state index is 0.0717. The van der Waals surface area contributed by atoms with E-state index in [1.165, 1.54) is 11.1 Å². The summed E-state index contributed by atoms with van der Waals surface area (Å²) in [6.07, 6.45) is 2.23. The molecule has 3 aromatic rings. The molecule has 0 unspecified atom stereocenters. The normalized spacial score (nSPS) is 18.7. The number of piperidine rings is 1. The van der Waals surface area contributed by atoms with E-state index in [1.807, 2.05) is 11.6 Å². The Labute approximate surface area is 153 Å². The van der Waals surface area contributed by atoms with Gasteiger partial charge in [-0.15, -0.1) is 10.2 Å². The van der Waals surface area contributed by atoms with Gasteiger partial charge in [0.1, 0.15) is 18.3 Å². The molecule has 1 aromatic carbocycles. The molecule has 4 rings (SSSR count). The molecule has 7 heteroatoms. The largest absolute Gasteiger partial charge is 0.388 e. The summed E-state index contributed by atoms with van der Waals surface area (Å²) in [4.78, 5) is 10.7. The fourth-order valence-electron chi connectivity index (χ4n) is 3.93. The maximum absolute atomic E-state index is 9.34. The molecule has 2 N–H and O–H groups in total. The Bertz CT molecular complexity index is 928. The van der Waals surface area contributed by atoms with Crippen molar-refractivity contribution < 1.29 is 5.11 Å². The van der Waals surface area contributed by atoms with Crippen LogP contribution in [0.5, 0.6) is 0 Å². The standard InChI is InChI=1S/C19H26N6O/c1-12-6-7-15-18(13(12)2)21-16(20-15)10-25-8-4-5-14(9-25)19-23-22-17(11-26)24(19)3/h6-7,14,26H,4-5,8-11H2,1-3H3,(H,20,21)/t14-/m1/s1. The highest BCUT2D eigenvalue weighted by Gasteiger charge is 2.26. The number of nitrogens with one attached hydrogen (secondary N) is 1. The van der Waals surface area contributed by atoms with Crippen LogP contribution in [0.2, 0.25) is 0 Å². The molecule has 0 radical (unpaired) electrons. The lowest BCUT2D eigenvalue weighted by Gasteiger charge is -2.31. The Hall–Kier alpha value is -2.25. The first-order valence-electron chi connectivity index (χ1n) is 9.23. The van der Waals surface area contributed by atoms with Crippen LogP contribution in [0.15, 0.2) is 12.1 Å². The number of aromatic nitrogens is 5. The minimum Gasteiger partial charge on any atom is -0.388 e. The van der Waals surface area contributed by atoms with Crippen LogP contribution in [0, 0.1) is 13.8 Å². The Morgan fingerprint density at radius 2 is 2.12 bits per heavy atom. The van der Waals surface area contributed by atoms with Crippen LogP contribution in [-0.4, -0.2) is 47.8 Å². The second-order valence-corrected chi connectivity index (χ2v) is 7.35. The second kappa shape index (κ2) is 6.81. The number of aryl methyl sites for hydroxylation is 2. The summed E-state index contributed by atoms with van der Waals surface area (Å²) in [6, 6.07) is 4.26. The molecular formula is C19H26N6O. The predicted molar refractivity (Wildman–Crippen MR) is 99.7 cm³/mol. The van der Waals surface area contributed by atoms with Gasteiger partial charge in [0, 0.05) is 19.5 Å². The van der Waals surface area contributed by atoms with Crippen LogP contribution in [0.1, 0.15) is 47.4 Å². The van der Waals surface area contributed by atoms with E-state index in [1.54, 1.807) is 0 Å². The number of rotatable bonds is 4. The first-order valence-corrected chi connectivity index (χ1v) is 9.23. The number of nitrogens with zero attached hydrogens (tertiary/aromatic N) is 5. The molecule has 1 atom stereocenters. The molecule has 3 heterocycles. The molecule has 0 bridgehead atoms. The van der Waals surface area contributed by atoms with Gasteiger partial charge in [0.2, 0.25) is 0 Å². The average Bonchev–Trinajstić information content (AvgIpc) is 3.22. The van der Waals surface area contributed by atoms with Gasteiger partial charge >= 0.3 is 0 Å². The number of H-pyrrole nitrogens is 1. The van der Waals surface area contributed by atoms with Gasteiger partial charge in [0.05, 0.1) is 17.6 Å². The lowest BCUT2D eigenvalue weighted by Crippen LogP contribution is -2.35. The summed E-state index contributed by atoms with van der Waals surface area (Å²) in [7, 11) is 1.93. The van der Waals surface area contributed by atoms with Crippen LogP contribution in [-0.2, 0) is 20.2 Å². The van der Waals surface area contributed by atoms with E-state index < -0.39 is 0 Å². The van der Waals surface area contributed by atoms with Gasteiger partial charge in [0.25, 0.3) is 0 Å². The van der Waals surface area contributed by atoms with Gasteiger partial charge in [-0.05, 0) is 50.4 Å². The van der Waals surface area contributed by atoms with Crippen molar-refractivity contribution >= 4 is 11.0 Å². The number of aliphatic hydroxyl groups excluding tert-OH is 1. The van der Waals surface area contributed by atoms with E-state index >= 15 is 0 Å². The zero-order valence-corrected chi connectivity index (χ0v) is 15.7. The third kappa shape index (κ3) is 3.01. The minimum atomic E-state index is -0.0717. The smallest absolute Gasteiger partial charge is 0.158 e. The van der Waals surface area contributed by atoms with E-state index in [9.17, 15) is 5.11 Å². The number of aromatic amines is 1. The molecule has 138 valence electrons. The van der Waals surface area contributed by atoms with Crippen LogP contribution >= 0.6 is 0 Å². The third-order valence-electron chi connectivity index (χ3n) is 5.61. The Morgan fingerprint density at radius 3 is 2.88 bits per heavy atom. The number of fused-ring (bicyclic) bond motifs is 1. The fraction of sp³-hybridized carbons (Fsp3) is 0.526. The van der Waals surface area contributed by atoms with E-state index in [-0.39, 0.29) is 6.61 Å². The molecule has 0 saturated carbocycles. The highest BCUT2D eigenvalue weighted by atomic mass is 16.3.